The Labute approximate surface area is 309 Å². The van der Waals surface area contributed by atoms with Crippen molar-refractivity contribution in [2.24, 2.45) is 0 Å². The number of hydrogen-bond acceptors (Lipinski definition) is 8. The van der Waals surface area contributed by atoms with E-state index in [-0.39, 0.29) is 22.7 Å². The Morgan fingerprint density at radius 3 is 2.32 bits per heavy atom. The molecular weight excluding hydrogens is 672 g/mol. The van der Waals surface area contributed by atoms with E-state index < -0.39 is 122 Å². The predicted molar refractivity (Wildman–Crippen MR) is 181 cm³/mol. The highest BCUT2D eigenvalue weighted by atomic mass is 79.9. The number of rotatable bonds is 11. The molecule has 0 aliphatic carbocycles. The van der Waals surface area contributed by atoms with E-state index in [9.17, 15) is 19.2 Å². The first-order valence-corrected chi connectivity index (χ1v) is 14.0. The Balaban J connectivity index is 1.91. The van der Waals surface area contributed by atoms with Crippen molar-refractivity contribution in [2.75, 3.05) is 51.8 Å². The van der Waals surface area contributed by atoms with Gasteiger partial charge in [-0.1, -0.05) is 6.07 Å². The predicted octanol–water partition coefficient (Wildman–Crippen LogP) is 5.79. The highest BCUT2D eigenvalue weighted by Crippen LogP contribution is 2.45. The van der Waals surface area contributed by atoms with E-state index in [1.807, 2.05) is 0 Å². The number of benzene rings is 3. The van der Waals surface area contributed by atoms with Gasteiger partial charge in [-0.15, -0.1) is 0 Å². The maximum absolute atomic E-state index is 14.2. The lowest BCUT2D eigenvalue weighted by Crippen LogP contribution is -2.46. The van der Waals surface area contributed by atoms with E-state index in [2.05, 4.69) is 26.6 Å². The van der Waals surface area contributed by atoms with Gasteiger partial charge in [-0.2, -0.15) is 0 Å². The molecule has 1 atom stereocenters. The van der Waals surface area contributed by atoms with Crippen LogP contribution in [0.5, 0.6) is 28.7 Å². The lowest BCUT2D eigenvalue weighted by atomic mass is 10.1. The number of carbonyl (C=O) groups is 4. The summed E-state index contributed by atoms with van der Waals surface area (Å²) in [5.41, 5.74) is -0.464. The number of nitrogens with zero attached hydrogens (tertiary/aromatic N) is 2. The summed E-state index contributed by atoms with van der Waals surface area (Å²) in [5.74, 6) is -8.65. The Kier molecular flexibility index (Phi) is 5.46. The van der Waals surface area contributed by atoms with Gasteiger partial charge in [0.25, 0.3) is 11.8 Å². The van der Waals surface area contributed by atoms with Crippen LogP contribution in [0.25, 0.3) is 0 Å². The number of methoxy groups -OCH3 is 3. The van der Waals surface area contributed by atoms with Crippen LogP contribution in [0.4, 0.5) is 11.4 Å². The van der Waals surface area contributed by atoms with Crippen molar-refractivity contribution in [3.63, 3.8) is 0 Å². The second kappa shape index (κ2) is 14.8. The summed E-state index contributed by atoms with van der Waals surface area (Å²) >= 11 is 3.01. The smallest absolute Gasteiger partial charge is 0.257 e. The Bertz CT molecular complexity index is 2370. The quantitative estimate of drug-likeness (QED) is 0.253. The van der Waals surface area contributed by atoms with Gasteiger partial charge in [-0.3, -0.25) is 19.2 Å². The second-order valence-corrected chi connectivity index (χ2v) is 10.8. The normalized spacial score (nSPS) is 22.0. The number of fused-ring (bicyclic) bond motifs is 1. The molecule has 1 aliphatic rings. The molecule has 1 aliphatic heterocycles. The first-order chi connectivity index (χ1) is 29.6. The van der Waals surface area contributed by atoms with Gasteiger partial charge in [0.05, 0.1) is 66.8 Å². The molecule has 13 heteroatoms. The summed E-state index contributed by atoms with van der Waals surface area (Å²) in [6, 6.07) is 5.60. The van der Waals surface area contributed by atoms with E-state index in [1.165, 1.54) is 0 Å². The summed E-state index contributed by atoms with van der Waals surface area (Å²) in [6.07, 6.45) is -1.36. The molecule has 3 aromatic carbocycles. The van der Waals surface area contributed by atoms with Crippen molar-refractivity contribution in [1.29, 1.82) is 0 Å². The Morgan fingerprint density at radius 1 is 0.979 bits per heavy atom. The lowest BCUT2D eigenvalue weighted by molar-refractivity contribution is -0.134. The average Bonchev–Trinajstić information content (AvgIpc) is 3.17. The fourth-order valence-corrected chi connectivity index (χ4v) is 5.29. The number of halogens is 1. The van der Waals surface area contributed by atoms with E-state index in [0.717, 1.165) is 19.2 Å². The molecule has 4 rings (SSSR count). The van der Waals surface area contributed by atoms with Gasteiger partial charge >= 0.3 is 0 Å². The van der Waals surface area contributed by atoms with Crippen LogP contribution in [0, 0.1) is 13.8 Å². The molecule has 250 valence electrons. The molecule has 0 radical (unpaired) electrons. The minimum absolute atomic E-state index is 0.131. The molecule has 0 aromatic heterocycles. The average molecular weight is 731 g/mol. The van der Waals surface area contributed by atoms with E-state index in [1.54, 1.807) is 32.0 Å². The minimum Gasteiger partial charge on any atom is -0.493 e. The molecule has 4 amide bonds. The summed E-state index contributed by atoms with van der Waals surface area (Å²) in [4.78, 5) is 56.1. The molecule has 0 saturated heterocycles. The molecule has 0 spiro atoms. The summed E-state index contributed by atoms with van der Waals surface area (Å²) < 4.78 is 167. The van der Waals surface area contributed by atoms with Gasteiger partial charge in [-0.25, -0.2) is 0 Å². The largest absolute Gasteiger partial charge is 0.493 e. The summed E-state index contributed by atoms with van der Waals surface area (Å²) in [5, 5.41) is 4.79. The van der Waals surface area contributed by atoms with Crippen molar-refractivity contribution in [3.8, 4) is 28.7 Å². The van der Waals surface area contributed by atoms with Gasteiger partial charge in [0, 0.05) is 33.7 Å². The number of hydrogen-bond donors (Lipinski definition) is 2. The zero-order valence-electron chi connectivity index (χ0n) is 43.8. The van der Waals surface area contributed by atoms with Crippen LogP contribution in [-0.4, -0.2) is 80.6 Å². The highest BCUT2D eigenvalue weighted by Gasteiger charge is 2.36. The third-order valence-corrected chi connectivity index (χ3v) is 7.70. The second-order valence-electron chi connectivity index (χ2n) is 10.1. The number of amides is 4. The molecule has 0 fully saturated rings. The summed E-state index contributed by atoms with van der Waals surface area (Å²) in [6.45, 7) is -12.2. The molecule has 0 saturated carbocycles. The Hall–Kier alpha value is -4.78. The molecule has 12 nitrogen and oxygen atoms in total. The number of carbonyl (C=O) groups excluding carboxylic acids is 4. The van der Waals surface area contributed by atoms with Crippen LogP contribution in [0.15, 0.2) is 40.9 Å². The number of anilines is 2. The van der Waals surface area contributed by atoms with Crippen molar-refractivity contribution in [2.45, 2.75) is 40.0 Å². The molecule has 3 aromatic rings. The highest BCUT2D eigenvalue weighted by molar-refractivity contribution is 9.10. The van der Waals surface area contributed by atoms with E-state index in [4.69, 9.17) is 45.0 Å². The van der Waals surface area contributed by atoms with Crippen LogP contribution in [-0.2, 0) is 9.59 Å². The van der Waals surface area contributed by atoms with Crippen molar-refractivity contribution < 1.29 is 64.2 Å². The third-order valence-electron chi connectivity index (χ3n) is 6.91. The van der Waals surface area contributed by atoms with Gasteiger partial charge in [0.15, 0.2) is 17.2 Å². The van der Waals surface area contributed by atoms with Crippen LogP contribution < -0.4 is 29.6 Å². The zero-order chi connectivity index (χ0) is 50.7. The maximum Gasteiger partial charge on any atom is 0.257 e. The monoisotopic (exact) mass is 729 g/mol. The van der Waals surface area contributed by atoms with Gasteiger partial charge in [0.1, 0.15) is 11.8 Å². The standard InChI is InChI=1S/C34H39BrN4O8/c1-9-39(10-2)28(40)17-25-33(42)36-23-16-24(37-32(41)22-15-27(44-6)30(45-7)31(46-8)29(22)35)26(14-21(23)34(43)38(25)5)47-20-12-18(3)11-19(4)13-20/h11-16,25H,9-10,17H2,1-8H3,(H,36,42)(H,37,41)/t25-/m0/s1/i1D3,2D3,6D3,7D3,8D3,9D2,10D2. The zero-order valence-corrected chi connectivity index (χ0v) is 26.4. The Morgan fingerprint density at radius 2 is 1.66 bits per heavy atom. The third kappa shape index (κ3) is 7.30. The van der Waals surface area contributed by atoms with Crippen LogP contribution >= 0.6 is 15.9 Å². The van der Waals surface area contributed by atoms with Crippen LogP contribution in [0.1, 0.15) is 78.0 Å². The van der Waals surface area contributed by atoms with Gasteiger partial charge in [0.2, 0.25) is 17.6 Å². The number of likely N-dealkylation sites (N-methyl/N-ethyl adjacent to an activating group) is 1. The fourth-order valence-electron chi connectivity index (χ4n) is 4.74. The number of ether oxygens (including phenoxy) is 4. The SMILES string of the molecule is [2H]C([2H])([2H])Oc1cc(C(=O)Nc2cc3c(cc2Oc2cc(C)cc(C)c2)C(=O)N(C)[C@@H](CC(=O)N(C([2H])([2H])C([2H])([2H])[2H])C([2H])([2H])C([2H])([2H])[2H])C(=O)N3)c(Br)c(OC([2H])([2H])[2H])c1OC([2H])([2H])[2H]. The van der Waals surface area contributed by atoms with Gasteiger partial charge in [-0.05, 0) is 84.9 Å². The number of aryl methyl sites for hydroxylation is 2. The molecule has 47 heavy (non-hydrogen) atoms. The van der Waals surface area contributed by atoms with Gasteiger partial charge < -0.3 is 39.4 Å². The van der Waals surface area contributed by atoms with Crippen molar-refractivity contribution in [1.82, 2.24) is 9.80 Å². The molecule has 2 N–H and O–H groups in total. The fraction of sp³-hybridized carbons (Fsp3) is 0.353. The number of nitrogens with one attached hydrogen (secondary N) is 2. The molecule has 1 heterocycles. The molecular formula is C34H39BrN4O8. The van der Waals surface area contributed by atoms with Crippen molar-refractivity contribution >= 4 is 50.9 Å². The summed E-state index contributed by atoms with van der Waals surface area (Å²) in [7, 11) is -9.07. The van der Waals surface area contributed by atoms with Crippen LogP contribution in [0.3, 0.4) is 0 Å². The topological polar surface area (TPSA) is 136 Å². The first-order valence-electron chi connectivity index (χ1n) is 22.8. The van der Waals surface area contributed by atoms with Crippen LogP contribution in [0.2, 0.25) is 0 Å². The van der Waals surface area contributed by atoms with E-state index in [0.29, 0.717) is 22.1 Å². The minimum atomic E-state index is -3.97. The lowest BCUT2D eigenvalue weighted by Gasteiger charge is -2.27. The first kappa shape index (κ1) is 17.4. The van der Waals surface area contributed by atoms with Crippen molar-refractivity contribution in [3.05, 3.63) is 63.1 Å². The maximum atomic E-state index is 14.2. The molecule has 0 bridgehead atoms. The van der Waals surface area contributed by atoms with E-state index >= 15 is 0 Å². The molecule has 0 unspecified atom stereocenters.